The fraction of sp³-hybridized carbons (Fsp3) is 0.414. The van der Waals surface area contributed by atoms with Crippen molar-refractivity contribution in [3.63, 3.8) is 0 Å². The number of hydrogen-bond acceptors (Lipinski definition) is 6. The number of nitrogens with zero attached hydrogens (tertiary/aromatic N) is 1. The Hall–Kier alpha value is -4.25. The normalized spacial score (nSPS) is 12.4. The van der Waals surface area contributed by atoms with E-state index in [1.165, 1.54) is 24.3 Å². The van der Waals surface area contributed by atoms with E-state index >= 15 is 0 Å². The first kappa shape index (κ1) is 32.0. The average Bonchev–Trinajstić information content (AvgIpc) is 2.90. The highest BCUT2D eigenvalue weighted by Gasteiger charge is 2.30. The largest absolute Gasteiger partial charge is 0.480 e. The molecule has 0 aromatic heterocycles. The molecule has 1 unspecified atom stereocenters. The number of hydrazine groups is 1. The van der Waals surface area contributed by atoms with Gasteiger partial charge in [0.05, 0.1) is 5.56 Å². The van der Waals surface area contributed by atoms with E-state index < -0.39 is 41.6 Å². The van der Waals surface area contributed by atoms with Crippen LogP contribution in [0.4, 0.5) is 0 Å². The summed E-state index contributed by atoms with van der Waals surface area (Å²) in [6, 6.07) is 12.9. The quantitative estimate of drug-likeness (QED) is 0.257. The fourth-order valence-electron chi connectivity index (χ4n) is 3.93. The highest BCUT2D eigenvalue weighted by atomic mass is 16.7. The second-order valence-electron chi connectivity index (χ2n) is 10.3. The third-order valence-electron chi connectivity index (χ3n) is 5.90. The van der Waals surface area contributed by atoms with Gasteiger partial charge in [0.1, 0.15) is 12.6 Å². The lowest BCUT2D eigenvalue weighted by molar-refractivity contribution is -0.207. The van der Waals surface area contributed by atoms with Gasteiger partial charge in [-0.25, -0.2) is 19.9 Å². The molecule has 0 fully saturated rings. The highest BCUT2D eigenvalue weighted by molar-refractivity contribution is 5.97. The van der Waals surface area contributed by atoms with Crippen molar-refractivity contribution in [2.75, 3.05) is 0 Å². The average molecular weight is 556 g/mol. The van der Waals surface area contributed by atoms with E-state index in [2.05, 4.69) is 10.7 Å². The SMILES string of the molecule is CC(C)CC(CC(=O)N(NC(=O)c1ccc(C(=O)O)cc1)OCc1ccccc1)C(=O)N[C@@H](CC(C)C)C(=O)O. The molecule has 216 valence electrons. The minimum absolute atomic E-state index is 0.00974. The van der Waals surface area contributed by atoms with E-state index in [1.54, 1.807) is 24.3 Å². The summed E-state index contributed by atoms with van der Waals surface area (Å²) in [4.78, 5) is 67.8. The van der Waals surface area contributed by atoms with Gasteiger partial charge in [-0.15, -0.1) is 5.17 Å². The second kappa shape index (κ2) is 15.4. The molecule has 2 aromatic rings. The molecular formula is C29H37N3O8. The minimum atomic E-state index is -1.16. The first-order valence-corrected chi connectivity index (χ1v) is 13.0. The predicted octanol–water partition coefficient (Wildman–Crippen LogP) is 3.66. The Morgan fingerprint density at radius 3 is 1.93 bits per heavy atom. The number of hydroxylamine groups is 1. The molecule has 2 atom stereocenters. The van der Waals surface area contributed by atoms with Crippen LogP contribution >= 0.6 is 0 Å². The number of aliphatic carboxylic acids is 1. The van der Waals surface area contributed by atoms with Crippen LogP contribution in [0.25, 0.3) is 0 Å². The summed E-state index contributed by atoms with van der Waals surface area (Å²) in [6.07, 6.45) is 0.167. The summed E-state index contributed by atoms with van der Waals surface area (Å²) >= 11 is 0. The number of benzene rings is 2. The van der Waals surface area contributed by atoms with Gasteiger partial charge >= 0.3 is 11.9 Å². The Balaban J connectivity index is 2.24. The van der Waals surface area contributed by atoms with Crippen molar-refractivity contribution in [2.45, 2.75) is 59.6 Å². The van der Waals surface area contributed by atoms with E-state index in [-0.39, 0.29) is 42.4 Å². The van der Waals surface area contributed by atoms with Crippen molar-refractivity contribution >= 4 is 29.7 Å². The molecule has 0 aliphatic heterocycles. The van der Waals surface area contributed by atoms with Crippen LogP contribution in [0.15, 0.2) is 54.6 Å². The van der Waals surface area contributed by atoms with Gasteiger partial charge in [-0.05, 0) is 54.5 Å². The molecule has 0 saturated carbocycles. The summed E-state index contributed by atoms with van der Waals surface area (Å²) < 4.78 is 0. The molecule has 40 heavy (non-hydrogen) atoms. The van der Waals surface area contributed by atoms with Crippen molar-refractivity contribution in [3.05, 3.63) is 71.3 Å². The molecule has 0 saturated heterocycles. The Bertz CT molecular complexity index is 1170. The summed E-state index contributed by atoms with van der Waals surface area (Å²) in [5.74, 6) is -5.18. The molecule has 0 aliphatic rings. The first-order chi connectivity index (χ1) is 18.9. The molecule has 0 spiro atoms. The predicted molar refractivity (Wildman–Crippen MR) is 146 cm³/mol. The van der Waals surface area contributed by atoms with E-state index in [1.807, 2.05) is 33.8 Å². The monoisotopic (exact) mass is 555 g/mol. The van der Waals surface area contributed by atoms with Gasteiger partial charge in [0.25, 0.3) is 11.8 Å². The van der Waals surface area contributed by atoms with Crippen LogP contribution in [-0.4, -0.2) is 51.1 Å². The van der Waals surface area contributed by atoms with Gasteiger partial charge in [0, 0.05) is 17.9 Å². The summed E-state index contributed by atoms with van der Waals surface area (Å²) in [5, 5.41) is 21.9. The third kappa shape index (κ3) is 10.5. The number of rotatable bonds is 14. The van der Waals surface area contributed by atoms with Crippen LogP contribution in [0, 0.1) is 17.8 Å². The summed E-state index contributed by atoms with van der Waals surface area (Å²) in [7, 11) is 0. The number of carboxylic acid groups (broad SMARTS) is 2. The number of carbonyl (C=O) groups excluding carboxylic acids is 3. The number of carboxylic acids is 2. The zero-order chi connectivity index (χ0) is 29.8. The lowest BCUT2D eigenvalue weighted by Gasteiger charge is -2.26. The van der Waals surface area contributed by atoms with E-state index in [0.717, 1.165) is 5.56 Å². The topological polar surface area (TPSA) is 162 Å². The lowest BCUT2D eigenvalue weighted by atomic mass is 9.92. The van der Waals surface area contributed by atoms with Gasteiger partial charge in [-0.2, -0.15) is 0 Å². The van der Waals surface area contributed by atoms with Crippen molar-refractivity contribution < 1.29 is 39.0 Å². The molecule has 0 aliphatic carbocycles. The Morgan fingerprint density at radius 2 is 1.40 bits per heavy atom. The molecule has 2 rings (SSSR count). The van der Waals surface area contributed by atoms with Gasteiger partial charge in [0.2, 0.25) is 5.91 Å². The molecule has 2 aromatic carbocycles. The van der Waals surface area contributed by atoms with Crippen molar-refractivity contribution in [2.24, 2.45) is 17.8 Å². The van der Waals surface area contributed by atoms with Gasteiger partial charge < -0.3 is 15.5 Å². The first-order valence-electron chi connectivity index (χ1n) is 13.0. The minimum Gasteiger partial charge on any atom is -0.480 e. The molecular weight excluding hydrogens is 518 g/mol. The molecule has 0 heterocycles. The lowest BCUT2D eigenvalue weighted by Crippen LogP contribution is -2.49. The molecule has 0 radical (unpaired) electrons. The van der Waals surface area contributed by atoms with Crippen molar-refractivity contribution in [1.82, 2.24) is 15.9 Å². The van der Waals surface area contributed by atoms with E-state index in [4.69, 9.17) is 9.94 Å². The summed E-state index contributed by atoms with van der Waals surface area (Å²) in [5.41, 5.74) is 3.18. The number of carbonyl (C=O) groups is 5. The van der Waals surface area contributed by atoms with Gasteiger partial charge in [-0.3, -0.25) is 14.4 Å². The Labute approximate surface area is 233 Å². The van der Waals surface area contributed by atoms with Crippen LogP contribution in [0.2, 0.25) is 0 Å². The smallest absolute Gasteiger partial charge is 0.335 e. The fourth-order valence-corrected chi connectivity index (χ4v) is 3.93. The Morgan fingerprint density at radius 1 is 0.825 bits per heavy atom. The highest BCUT2D eigenvalue weighted by Crippen LogP contribution is 2.19. The Kier molecular flexibility index (Phi) is 12.3. The van der Waals surface area contributed by atoms with E-state index in [9.17, 15) is 29.1 Å². The van der Waals surface area contributed by atoms with Crippen LogP contribution in [0.3, 0.4) is 0 Å². The van der Waals surface area contributed by atoms with Crippen LogP contribution in [-0.2, 0) is 25.8 Å². The maximum Gasteiger partial charge on any atom is 0.335 e. The molecule has 11 nitrogen and oxygen atoms in total. The van der Waals surface area contributed by atoms with E-state index in [0.29, 0.717) is 11.6 Å². The van der Waals surface area contributed by atoms with Crippen LogP contribution in [0.5, 0.6) is 0 Å². The van der Waals surface area contributed by atoms with Crippen molar-refractivity contribution in [1.29, 1.82) is 0 Å². The molecule has 3 amide bonds. The van der Waals surface area contributed by atoms with Crippen LogP contribution in [0.1, 0.15) is 73.2 Å². The molecule has 0 bridgehead atoms. The number of aromatic carboxylic acids is 1. The van der Waals surface area contributed by atoms with Crippen molar-refractivity contribution in [3.8, 4) is 0 Å². The van der Waals surface area contributed by atoms with Crippen LogP contribution < -0.4 is 10.7 Å². The maximum atomic E-state index is 13.4. The standard InChI is InChI=1S/C29H37N3O8/c1-18(2)14-23(26(34)30-24(29(38)39)15-19(3)4)16-25(33)32(40-17-20-8-6-5-7-9-20)31-27(35)21-10-12-22(13-11-21)28(36)37/h5-13,18-19,23-24H,14-17H2,1-4H3,(H,30,34)(H,31,35)(H,36,37)(H,38,39)/t23?,24-/m0/s1. The van der Waals surface area contributed by atoms with Gasteiger partial charge in [-0.1, -0.05) is 58.0 Å². The zero-order valence-corrected chi connectivity index (χ0v) is 23.1. The number of nitrogens with one attached hydrogen (secondary N) is 2. The molecule has 11 heteroatoms. The zero-order valence-electron chi connectivity index (χ0n) is 23.1. The number of hydrogen-bond donors (Lipinski definition) is 4. The van der Waals surface area contributed by atoms with Gasteiger partial charge in [0.15, 0.2) is 0 Å². The maximum absolute atomic E-state index is 13.4. The summed E-state index contributed by atoms with van der Waals surface area (Å²) in [6.45, 7) is 7.37. The second-order valence-corrected chi connectivity index (χ2v) is 10.3. The third-order valence-corrected chi connectivity index (χ3v) is 5.90. The number of amides is 3. The molecule has 4 N–H and O–H groups in total.